The second kappa shape index (κ2) is 4.34. The van der Waals surface area contributed by atoms with Crippen molar-refractivity contribution >= 4 is 23.0 Å². The normalized spacial score (nSPS) is 14.3. The number of nitrogens with zero attached hydrogens (tertiary/aromatic N) is 5. The van der Waals surface area contributed by atoms with Gasteiger partial charge in [0.25, 0.3) is 0 Å². The number of nitrogens with two attached hydrogens (primary N) is 1. The third kappa shape index (κ3) is 1.82. The number of hydrogen-bond donors (Lipinski definition) is 1. The fourth-order valence-electron chi connectivity index (χ4n) is 2.09. The number of imidazole rings is 1. The fraction of sp³-hybridized carbons (Fsp3) is 0.273. The van der Waals surface area contributed by atoms with Gasteiger partial charge in [0.05, 0.1) is 6.54 Å². The van der Waals surface area contributed by atoms with Gasteiger partial charge in [-0.05, 0) is 0 Å². The van der Waals surface area contributed by atoms with E-state index in [1.807, 2.05) is 12.4 Å². The molecule has 0 amide bonds. The van der Waals surface area contributed by atoms with Crippen LogP contribution in [0.15, 0.2) is 24.8 Å². The molecule has 92 valence electrons. The molecule has 0 radical (unpaired) electrons. The van der Waals surface area contributed by atoms with Gasteiger partial charge in [-0.3, -0.25) is 0 Å². The molecule has 0 saturated carbocycles. The standard InChI is InChI=1S/C11H12N6S/c12-10(18)9-11(15-2-1-14-9)17-6-5-16-4-3-13-8(16)7-17/h1-4H,5-7H2,(H2,12,18). The fourth-order valence-corrected chi connectivity index (χ4v) is 2.23. The van der Waals surface area contributed by atoms with Gasteiger partial charge in [-0.25, -0.2) is 15.0 Å². The average Bonchev–Trinajstić information content (AvgIpc) is 2.85. The first-order chi connectivity index (χ1) is 8.75. The van der Waals surface area contributed by atoms with Gasteiger partial charge >= 0.3 is 0 Å². The lowest BCUT2D eigenvalue weighted by Crippen LogP contribution is -2.35. The lowest BCUT2D eigenvalue weighted by atomic mass is 10.3. The Kier molecular flexibility index (Phi) is 2.67. The van der Waals surface area contributed by atoms with Gasteiger partial charge in [-0.15, -0.1) is 0 Å². The maximum Gasteiger partial charge on any atom is 0.158 e. The Morgan fingerprint density at radius 3 is 2.83 bits per heavy atom. The molecule has 0 atom stereocenters. The number of anilines is 1. The monoisotopic (exact) mass is 260 g/mol. The molecule has 3 rings (SSSR count). The van der Waals surface area contributed by atoms with E-state index >= 15 is 0 Å². The van der Waals surface area contributed by atoms with Crippen molar-refractivity contribution in [2.24, 2.45) is 5.73 Å². The summed E-state index contributed by atoms with van der Waals surface area (Å²) in [5, 5.41) is 0. The molecule has 0 saturated heterocycles. The quantitative estimate of drug-likeness (QED) is 0.784. The van der Waals surface area contributed by atoms with Gasteiger partial charge in [-0.2, -0.15) is 0 Å². The lowest BCUT2D eigenvalue weighted by Gasteiger charge is -2.29. The summed E-state index contributed by atoms with van der Waals surface area (Å²) in [5.41, 5.74) is 6.25. The highest BCUT2D eigenvalue weighted by atomic mass is 32.1. The highest BCUT2D eigenvalue weighted by Gasteiger charge is 2.21. The van der Waals surface area contributed by atoms with Crippen molar-refractivity contribution < 1.29 is 0 Å². The van der Waals surface area contributed by atoms with Crippen LogP contribution in [0.25, 0.3) is 0 Å². The minimum absolute atomic E-state index is 0.270. The smallest absolute Gasteiger partial charge is 0.158 e. The highest BCUT2D eigenvalue weighted by molar-refractivity contribution is 7.80. The number of fused-ring (bicyclic) bond motifs is 1. The van der Waals surface area contributed by atoms with E-state index in [1.165, 1.54) is 0 Å². The van der Waals surface area contributed by atoms with Gasteiger partial charge < -0.3 is 15.2 Å². The van der Waals surface area contributed by atoms with Gasteiger partial charge in [0.1, 0.15) is 16.5 Å². The molecule has 2 aromatic rings. The second-order valence-electron chi connectivity index (χ2n) is 4.05. The Morgan fingerprint density at radius 1 is 1.17 bits per heavy atom. The molecule has 6 nitrogen and oxygen atoms in total. The predicted octanol–water partition coefficient (Wildman–Crippen LogP) is 0.327. The maximum atomic E-state index is 5.68. The van der Waals surface area contributed by atoms with Crippen molar-refractivity contribution in [1.29, 1.82) is 0 Å². The van der Waals surface area contributed by atoms with E-state index in [0.717, 1.165) is 24.7 Å². The molecule has 0 aromatic carbocycles. The summed E-state index contributed by atoms with van der Waals surface area (Å²) in [7, 11) is 0. The summed E-state index contributed by atoms with van der Waals surface area (Å²) in [6.07, 6.45) is 7.04. The summed E-state index contributed by atoms with van der Waals surface area (Å²) in [6, 6.07) is 0. The molecule has 2 N–H and O–H groups in total. The number of rotatable bonds is 2. The first kappa shape index (κ1) is 11.1. The number of aromatic nitrogens is 4. The topological polar surface area (TPSA) is 72.9 Å². The van der Waals surface area contributed by atoms with E-state index in [4.69, 9.17) is 18.0 Å². The van der Waals surface area contributed by atoms with Crippen LogP contribution in [-0.2, 0) is 13.1 Å². The van der Waals surface area contributed by atoms with Crippen molar-refractivity contribution in [3.8, 4) is 0 Å². The Hall–Kier alpha value is -2.02. The molecule has 0 aliphatic carbocycles. The molecule has 0 unspecified atom stereocenters. The van der Waals surface area contributed by atoms with Crippen molar-refractivity contribution in [1.82, 2.24) is 19.5 Å². The van der Waals surface area contributed by atoms with Gasteiger partial charge in [0.15, 0.2) is 5.82 Å². The zero-order chi connectivity index (χ0) is 12.5. The van der Waals surface area contributed by atoms with E-state index in [-0.39, 0.29) is 4.99 Å². The molecule has 1 aliphatic rings. The third-order valence-electron chi connectivity index (χ3n) is 2.96. The highest BCUT2D eigenvalue weighted by Crippen LogP contribution is 2.20. The Balaban J connectivity index is 1.95. The van der Waals surface area contributed by atoms with E-state index in [1.54, 1.807) is 12.4 Å². The van der Waals surface area contributed by atoms with Crippen LogP contribution >= 0.6 is 12.2 Å². The van der Waals surface area contributed by atoms with Gasteiger partial charge in [-0.1, -0.05) is 12.2 Å². The van der Waals surface area contributed by atoms with E-state index in [9.17, 15) is 0 Å². The summed E-state index contributed by atoms with van der Waals surface area (Å²) >= 11 is 5.01. The molecule has 2 aromatic heterocycles. The van der Waals surface area contributed by atoms with Crippen molar-refractivity contribution in [2.75, 3.05) is 11.4 Å². The lowest BCUT2D eigenvalue weighted by molar-refractivity contribution is 0.555. The number of hydrogen-bond acceptors (Lipinski definition) is 5. The van der Waals surface area contributed by atoms with Crippen LogP contribution in [0.5, 0.6) is 0 Å². The molecular formula is C11H12N6S. The summed E-state index contributed by atoms with van der Waals surface area (Å²) < 4.78 is 2.13. The number of thiocarbonyl (C=S) groups is 1. The molecule has 0 spiro atoms. The Morgan fingerprint density at radius 2 is 2.00 bits per heavy atom. The minimum Gasteiger partial charge on any atom is -0.388 e. The van der Waals surface area contributed by atoms with E-state index < -0.39 is 0 Å². The van der Waals surface area contributed by atoms with Gasteiger partial charge in [0.2, 0.25) is 0 Å². The van der Waals surface area contributed by atoms with Crippen molar-refractivity contribution in [3.63, 3.8) is 0 Å². The van der Waals surface area contributed by atoms with Crippen LogP contribution in [-0.4, -0.2) is 31.1 Å². The maximum absolute atomic E-state index is 5.68. The first-order valence-corrected chi connectivity index (χ1v) is 6.02. The van der Waals surface area contributed by atoms with Crippen LogP contribution in [0.1, 0.15) is 11.5 Å². The first-order valence-electron chi connectivity index (χ1n) is 5.61. The average molecular weight is 260 g/mol. The zero-order valence-electron chi connectivity index (χ0n) is 9.65. The molecule has 0 fully saturated rings. The molecule has 7 heteroatoms. The Labute approximate surface area is 109 Å². The van der Waals surface area contributed by atoms with Crippen LogP contribution in [0.3, 0.4) is 0 Å². The van der Waals surface area contributed by atoms with Crippen LogP contribution in [0, 0.1) is 0 Å². The second-order valence-corrected chi connectivity index (χ2v) is 4.49. The van der Waals surface area contributed by atoms with Crippen LogP contribution in [0.2, 0.25) is 0 Å². The summed E-state index contributed by atoms with van der Waals surface area (Å²) in [6.45, 7) is 2.42. The largest absolute Gasteiger partial charge is 0.388 e. The SMILES string of the molecule is NC(=S)c1nccnc1N1CCn2ccnc2C1. The minimum atomic E-state index is 0.270. The summed E-state index contributed by atoms with van der Waals surface area (Å²) in [4.78, 5) is 15.2. The molecule has 0 bridgehead atoms. The van der Waals surface area contributed by atoms with E-state index in [0.29, 0.717) is 12.2 Å². The van der Waals surface area contributed by atoms with Crippen LogP contribution in [0.4, 0.5) is 5.82 Å². The molecule has 18 heavy (non-hydrogen) atoms. The third-order valence-corrected chi connectivity index (χ3v) is 3.15. The molecule has 3 heterocycles. The van der Waals surface area contributed by atoms with Crippen molar-refractivity contribution in [3.05, 3.63) is 36.3 Å². The molecule has 1 aliphatic heterocycles. The van der Waals surface area contributed by atoms with Crippen LogP contribution < -0.4 is 10.6 Å². The predicted molar refractivity (Wildman–Crippen MR) is 71.2 cm³/mol. The van der Waals surface area contributed by atoms with Crippen molar-refractivity contribution in [2.45, 2.75) is 13.1 Å². The Bertz CT molecular complexity index is 593. The zero-order valence-corrected chi connectivity index (χ0v) is 10.5. The molecular weight excluding hydrogens is 248 g/mol. The summed E-state index contributed by atoms with van der Waals surface area (Å²) in [5.74, 6) is 1.75. The van der Waals surface area contributed by atoms with E-state index in [2.05, 4.69) is 24.4 Å². The van der Waals surface area contributed by atoms with Gasteiger partial charge in [0, 0.05) is 37.9 Å².